The molecule has 0 spiro atoms. The Kier molecular flexibility index (Phi) is 5.10. The Morgan fingerprint density at radius 1 is 0.952 bits per heavy atom. The highest BCUT2D eigenvalue weighted by Crippen LogP contribution is 2.25. The summed E-state index contributed by atoms with van der Waals surface area (Å²) in [7, 11) is 3.09. The molecule has 0 aliphatic carbocycles. The van der Waals surface area contributed by atoms with Crippen LogP contribution in [0.4, 0.5) is 0 Å². The van der Waals surface area contributed by atoms with Crippen LogP contribution in [-0.2, 0) is 6.42 Å². The van der Waals surface area contributed by atoms with E-state index in [1.165, 1.54) is 0 Å². The van der Waals surface area contributed by atoms with Gasteiger partial charge < -0.3 is 9.47 Å². The van der Waals surface area contributed by atoms with Gasteiger partial charge in [0.15, 0.2) is 5.78 Å². The lowest BCUT2D eigenvalue weighted by molar-refractivity contribution is 0.0992. The minimum absolute atomic E-state index is 0.0504. The van der Waals surface area contributed by atoms with Crippen LogP contribution in [0, 0.1) is 0 Å². The first kappa shape index (κ1) is 15.7. The van der Waals surface area contributed by atoms with Crippen LogP contribution in [0.15, 0.2) is 36.4 Å². The zero-order valence-electron chi connectivity index (χ0n) is 11.7. The van der Waals surface area contributed by atoms with E-state index in [0.29, 0.717) is 27.1 Å². The lowest BCUT2D eigenvalue weighted by Crippen LogP contribution is -2.04. The average molecular weight is 325 g/mol. The van der Waals surface area contributed by atoms with E-state index in [1.54, 1.807) is 50.6 Å². The molecule has 0 unspecified atom stereocenters. The second kappa shape index (κ2) is 6.83. The number of methoxy groups -OCH3 is 2. The SMILES string of the molecule is COc1cc(OC)cc(C(=O)Cc2ccc(Cl)c(Cl)c2)c1. The fraction of sp³-hybridized carbons (Fsp3) is 0.188. The van der Waals surface area contributed by atoms with E-state index in [4.69, 9.17) is 32.7 Å². The number of carbonyl (C=O) groups excluding carboxylic acids is 1. The van der Waals surface area contributed by atoms with E-state index in [-0.39, 0.29) is 12.2 Å². The Balaban J connectivity index is 2.25. The van der Waals surface area contributed by atoms with Gasteiger partial charge >= 0.3 is 0 Å². The molecule has 5 heteroatoms. The van der Waals surface area contributed by atoms with Crippen molar-refractivity contribution >= 4 is 29.0 Å². The molecule has 0 N–H and O–H groups in total. The maximum atomic E-state index is 12.4. The molecule has 0 radical (unpaired) electrons. The van der Waals surface area contributed by atoms with Gasteiger partial charge in [0, 0.05) is 18.1 Å². The van der Waals surface area contributed by atoms with Crippen molar-refractivity contribution in [3.8, 4) is 11.5 Å². The van der Waals surface area contributed by atoms with Gasteiger partial charge in [-0.1, -0.05) is 29.3 Å². The van der Waals surface area contributed by atoms with Gasteiger partial charge in [0.1, 0.15) is 11.5 Å². The topological polar surface area (TPSA) is 35.5 Å². The second-order valence-corrected chi connectivity index (χ2v) is 5.26. The summed E-state index contributed by atoms with van der Waals surface area (Å²) in [5.74, 6) is 1.10. The zero-order valence-corrected chi connectivity index (χ0v) is 13.2. The molecule has 0 bridgehead atoms. The first-order chi connectivity index (χ1) is 10.0. The average Bonchev–Trinajstić information content (AvgIpc) is 2.50. The van der Waals surface area contributed by atoms with Gasteiger partial charge in [-0.15, -0.1) is 0 Å². The summed E-state index contributed by atoms with van der Waals surface area (Å²) < 4.78 is 10.3. The molecule has 0 aromatic heterocycles. The molecule has 0 fully saturated rings. The number of hydrogen-bond donors (Lipinski definition) is 0. The molecule has 110 valence electrons. The summed E-state index contributed by atoms with van der Waals surface area (Å²) in [5.41, 5.74) is 1.33. The summed E-state index contributed by atoms with van der Waals surface area (Å²) in [5, 5.41) is 0.904. The first-order valence-corrected chi connectivity index (χ1v) is 6.99. The highest BCUT2D eigenvalue weighted by molar-refractivity contribution is 6.42. The Labute approximate surface area is 133 Å². The molecular weight excluding hydrogens is 311 g/mol. The number of benzene rings is 2. The van der Waals surface area contributed by atoms with Crippen LogP contribution in [0.2, 0.25) is 10.0 Å². The fourth-order valence-corrected chi connectivity index (χ4v) is 2.23. The van der Waals surface area contributed by atoms with E-state index in [2.05, 4.69) is 0 Å². The number of hydrogen-bond acceptors (Lipinski definition) is 3. The monoisotopic (exact) mass is 324 g/mol. The van der Waals surface area contributed by atoms with Gasteiger partial charge in [-0.05, 0) is 29.8 Å². The Morgan fingerprint density at radius 2 is 1.57 bits per heavy atom. The molecule has 0 amide bonds. The van der Waals surface area contributed by atoms with Crippen molar-refractivity contribution in [2.45, 2.75) is 6.42 Å². The second-order valence-electron chi connectivity index (χ2n) is 4.45. The Morgan fingerprint density at radius 3 is 2.10 bits per heavy atom. The zero-order chi connectivity index (χ0) is 15.4. The minimum atomic E-state index is -0.0504. The van der Waals surface area contributed by atoms with Crippen LogP contribution in [-0.4, -0.2) is 20.0 Å². The number of ketones is 1. The molecule has 0 atom stereocenters. The molecule has 0 aliphatic rings. The number of carbonyl (C=O) groups is 1. The molecular formula is C16H14Cl2O3. The van der Waals surface area contributed by atoms with E-state index in [1.807, 2.05) is 0 Å². The standard InChI is InChI=1S/C16H14Cl2O3/c1-20-12-7-11(8-13(9-12)21-2)16(19)6-10-3-4-14(17)15(18)5-10/h3-5,7-9H,6H2,1-2H3. The molecule has 21 heavy (non-hydrogen) atoms. The number of Topliss-reactive ketones (excluding diaryl/α,β-unsaturated/α-hetero) is 1. The molecule has 0 saturated carbocycles. The molecule has 3 nitrogen and oxygen atoms in total. The fourth-order valence-electron chi connectivity index (χ4n) is 1.91. The van der Waals surface area contributed by atoms with Crippen molar-refractivity contribution in [1.29, 1.82) is 0 Å². The van der Waals surface area contributed by atoms with Gasteiger partial charge in [0.2, 0.25) is 0 Å². The predicted octanol–water partition coefficient (Wildman–Crippen LogP) is 4.44. The van der Waals surface area contributed by atoms with Gasteiger partial charge in [-0.25, -0.2) is 0 Å². The largest absolute Gasteiger partial charge is 0.497 e. The Hall–Kier alpha value is -1.71. The molecule has 0 heterocycles. The van der Waals surface area contributed by atoms with Crippen LogP contribution in [0.5, 0.6) is 11.5 Å². The van der Waals surface area contributed by atoms with E-state index < -0.39 is 0 Å². The van der Waals surface area contributed by atoms with Crippen molar-refractivity contribution in [3.63, 3.8) is 0 Å². The predicted molar refractivity (Wildman–Crippen MR) is 84.0 cm³/mol. The molecule has 0 saturated heterocycles. The Bertz CT molecular complexity index is 646. The highest BCUT2D eigenvalue weighted by Gasteiger charge is 2.11. The van der Waals surface area contributed by atoms with E-state index >= 15 is 0 Å². The summed E-state index contributed by atoms with van der Waals surface area (Å²) in [4.78, 5) is 12.4. The van der Waals surface area contributed by atoms with E-state index in [9.17, 15) is 4.79 Å². The highest BCUT2D eigenvalue weighted by atomic mass is 35.5. The van der Waals surface area contributed by atoms with Crippen LogP contribution in [0.1, 0.15) is 15.9 Å². The molecule has 0 aliphatic heterocycles. The molecule has 2 aromatic carbocycles. The first-order valence-electron chi connectivity index (χ1n) is 6.23. The van der Waals surface area contributed by atoms with Gasteiger partial charge in [0.25, 0.3) is 0 Å². The maximum Gasteiger partial charge on any atom is 0.167 e. The summed E-state index contributed by atoms with van der Waals surface area (Å²) in [6.07, 6.45) is 0.229. The third-order valence-electron chi connectivity index (χ3n) is 3.02. The number of ether oxygens (including phenoxy) is 2. The van der Waals surface area contributed by atoms with Crippen molar-refractivity contribution in [2.75, 3.05) is 14.2 Å². The number of halogens is 2. The third kappa shape index (κ3) is 3.90. The quantitative estimate of drug-likeness (QED) is 0.763. The van der Waals surface area contributed by atoms with Crippen LogP contribution in [0.25, 0.3) is 0 Å². The van der Waals surface area contributed by atoms with Crippen molar-refractivity contribution in [2.24, 2.45) is 0 Å². The summed E-state index contributed by atoms with van der Waals surface area (Å²) >= 11 is 11.8. The van der Waals surface area contributed by atoms with Crippen molar-refractivity contribution < 1.29 is 14.3 Å². The van der Waals surface area contributed by atoms with Crippen LogP contribution in [0.3, 0.4) is 0 Å². The maximum absolute atomic E-state index is 12.4. The van der Waals surface area contributed by atoms with Crippen molar-refractivity contribution in [1.82, 2.24) is 0 Å². The van der Waals surface area contributed by atoms with Crippen molar-refractivity contribution in [3.05, 3.63) is 57.6 Å². The summed E-state index contributed by atoms with van der Waals surface area (Å²) in [6.45, 7) is 0. The molecule has 2 rings (SSSR count). The van der Waals surface area contributed by atoms with Crippen LogP contribution < -0.4 is 9.47 Å². The normalized spacial score (nSPS) is 10.3. The number of rotatable bonds is 5. The third-order valence-corrected chi connectivity index (χ3v) is 3.76. The minimum Gasteiger partial charge on any atom is -0.497 e. The molecule has 2 aromatic rings. The van der Waals surface area contributed by atoms with E-state index in [0.717, 1.165) is 5.56 Å². The van der Waals surface area contributed by atoms with Crippen LogP contribution >= 0.6 is 23.2 Å². The van der Waals surface area contributed by atoms with Gasteiger partial charge in [-0.2, -0.15) is 0 Å². The lowest BCUT2D eigenvalue weighted by Gasteiger charge is -2.08. The van der Waals surface area contributed by atoms with Gasteiger partial charge in [-0.3, -0.25) is 4.79 Å². The van der Waals surface area contributed by atoms with Gasteiger partial charge in [0.05, 0.1) is 24.3 Å². The summed E-state index contributed by atoms with van der Waals surface area (Å²) in [6, 6.07) is 10.2. The smallest absolute Gasteiger partial charge is 0.167 e. The lowest BCUT2D eigenvalue weighted by atomic mass is 10.0.